The summed E-state index contributed by atoms with van der Waals surface area (Å²) >= 11 is 0. The van der Waals surface area contributed by atoms with Crippen molar-refractivity contribution in [2.75, 3.05) is 0 Å². The van der Waals surface area contributed by atoms with E-state index in [2.05, 4.69) is 6.58 Å². The molecule has 2 rings (SSSR count). The van der Waals surface area contributed by atoms with Crippen molar-refractivity contribution in [1.82, 2.24) is 0 Å². The fourth-order valence-electron chi connectivity index (χ4n) is 1.90. The van der Waals surface area contributed by atoms with Crippen molar-refractivity contribution in [3.05, 3.63) is 60.4 Å². The Hall–Kier alpha value is -2.95. The van der Waals surface area contributed by atoms with Crippen LogP contribution in [0.25, 0.3) is 11.1 Å². The van der Waals surface area contributed by atoms with E-state index in [9.17, 15) is 14.0 Å². The van der Waals surface area contributed by atoms with Gasteiger partial charge in [-0.3, -0.25) is 4.79 Å². The zero-order valence-electron chi connectivity index (χ0n) is 14.3. The van der Waals surface area contributed by atoms with Gasteiger partial charge in [-0.1, -0.05) is 38.6 Å². The lowest BCUT2D eigenvalue weighted by molar-refractivity contribution is -0.138. The minimum atomic E-state index is -0.621. The van der Waals surface area contributed by atoms with Gasteiger partial charge in [-0.2, -0.15) is 0 Å². The van der Waals surface area contributed by atoms with E-state index in [0.717, 1.165) is 5.56 Å². The summed E-state index contributed by atoms with van der Waals surface area (Å²) in [6.07, 6.45) is 0. The number of carbonyl (C=O) groups excluding carboxylic acids is 2. The van der Waals surface area contributed by atoms with Crippen molar-refractivity contribution in [1.29, 1.82) is 0 Å². The molecular weight excluding hydrogens is 323 g/mol. The van der Waals surface area contributed by atoms with Gasteiger partial charge in [0, 0.05) is 5.57 Å². The standard InChI is InChI=1S/C20H19FO4/c1-12(2)19(22)24-16-8-5-14(6-9-16)15-7-10-18(17(21)11-15)25-20(23)13(3)4/h5-11,13H,1H2,2-4H3. The molecule has 2 aromatic rings. The number of halogens is 1. The molecule has 0 N–H and O–H groups in total. The molecule has 0 unspecified atom stereocenters. The Morgan fingerprint density at radius 3 is 2.12 bits per heavy atom. The van der Waals surface area contributed by atoms with Crippen molar-refractivity contribution in [2.24, 2.45) is 5.92 Å². The minimum absolute atomic E-state index is 0.102. The van der Waals surface area contributed by atoms with Crippen LogP contribution in [-0.4, -0.2) is 11.9 Å². The second-order valence-corrected chi connectivity index (χ2v) is 5.92. The molecule has 0 saturated carbocycles. The van der Waals surface area contributed by atoms with Gasteiger partial charge in [-0.25, -0.2) is 9.18 Å². The first-order valence-corrected chi connectivity index (χ1v) is 7.77. The highest BCUT2D eigenvalue weighted by Gasteiger charge is 2.14. The Labute approximate surface area is 145 Å². The molecule has 0 saturated heterocycles. The van der Waals surface area contributed by atoms with E-state index in [0.29, 0.717) is 16.9 Å². The zero-order chi connectivity index (χ0) is 18.6. The van der Waals surface area contributed by atoms with E-state index in [1.165, 1.54) is 12.1 Å². The van der Waals surface area contributed by atoms with E-state index in [1.54, 1.807) is 51.1 Å². The fourth-order valence-corrected chi connectivity index (χ4v) is 1.90. The van der Waals surface area contributed by atoms with Crippen LogP contribution in [0.2, 0.25) is 0 Å². The van der Waals surface area contributed by atoms with Gasteiger partial charge in [0.15, 0.2) is 11.6 Å². The highest BCUT2D eigenvalue weighted by Crippen LogP contribution is 2.27. The average Bonchev–Trinajstić information content (AvgIpc) is 2.57. The highest BCUT2D eigenvalue weighted by molar-refractivity contribution is 5.88. The molecule has 0 aromatic heterocycles. The van der Waals surface area contributed by atoms with E-state index in [-0.39, 0.29) is 11.7 Å². The van der Waals surface area contributed by atoms with Gasteiger partial charge in [0.2, 0.25) is 0 Å². The summed E-state index contributed by atoms with van der Waals surface area (Å²) in [4.78, 5) is 23.0. The molecule has 25 heavy (non-hydrogen) atoms. The van der Waals surface area contributed by atoms with Crippen molar-refractivity contribution in [3.63, 3.8) is 0 Å². The molecule has 0 spiro atoms. The van der Waals surface area contributed by atoms with Gasteiger partial charge >= 0.3 is 11.9 Å². The van der Waals surface area contributed by atoms with Gasteiger partial charge in [-0.05, 0) is 42.3 Å². The van der Waals surface area contributed by atoms with Crippen LogP contribution in [0, 0.1) is 11.7 Å². The Balaban J connectivity index is 2.16. The van der Waals surface area contributed by atoms with Crippen LogP contribution < -0.4 is 9.47 Å². The maximum absolute atomic E-state index is 14.1. The number of esters is 2. The van der Waals surface area contributed by atoms with Crippen molar-refractivity contribution in [3.8, 4) is 22.6 Å². The molecular formula is C20H19FO4. The number of hydrogen-bond donors (Lipinski definition) is 0. The number of carbonyl (C=O) groups is 2. The van der Waals surface area contributed by atoms with Crippen LogP contribution in [0.5, 0.6) is 11.5 Å². The van der Waals surface area contributed by atoms with Gasteiger partial charge in [0.25, 0.3) is 0 Å². The minimum Gasteiger partial charge on any atom is -0.423 e. The molecule has 0 bridgehead atoms. The summed E-state index contributed by atoms with van der Waals surface area (Å²) in [5.41, 5.74) is 1.65. The maximum Gasteiger partial charge on any atom is 0.338 e. The quantitative estimate of drug-likeness (QED) is 0.455. The fraction of sp³-hybridized carbons (Fsp3) is 0.200. The first-order valence-electron chi connectivity index (χ1n) is 7.77. The lowest BCUT2D eigenvalue weighted by atomic mass is 10.1. The molecule has 0 amide bonds. The Morgan fingerprint density at radius 1 is 1.00 bits per heavy atom. The van der Waals surface area contributed by atoms with E-state index in [1.807, 2.05) is 0 Å². The van der Waals surface area contributed by atoms with Crippen LogP contribution in [0.1, 0.15) is 20.8 Å². The Bertz CT molecular complexity index is 807. The van der Waals surface area contributed by atoms with E-state index < -0.39 is 17.8 Å². The van der Waals surface area contributed by atoms with Gasteiger partial charge in [0.05, 0.1) is 5.92 Å². The number of hydrogen-bond acceptors (Lipinski definition) is 4. The maximum atomic E-state index is 14.1. The molecule has 0 heterocycles. The molecule has 0 aliphatic carbocycles. The van der Waals surface area contributed by atoms with E-state index in [4.69, 9.17) is 9.47 Å². The number of rotatable bonds is 5. The first-order chi connectivity index (χ1) is 11.8. The Morgan fingerprint density at radius 2 is 1.60 bits per heavy atom. The summed E-state index contributed by atoms with van der Waals surface area (Å²) in [6.45, 7) is 8.43. The second kappa shape index (κ2) is 7.75. The van der Waals surface area contributed by atoms with Crippen LogP contribution in [-0.2, 0) is 9.59 Å². The predicted molar refractivity (Wildman–Crippen MR) is 92.8 cm³/mol. The molecule has 130 valence electrons. The molecule has 2 aromatic carbocycles. The first kappa shape index (κ1) is 18.4. The topological polar surface area (TPSA) is 52.6 Å². The molecule has 0 radical (unpaired) electrons. The molecule has 4 nitrogen and oxygen atoms in total. The van der Waals surface area contributed by atoms with Gasteiger partial charge in [-0.15, -0.1) is 0 Å². The SMILES string of the molecule is C=C(C)C(=O)Oc1ccc(-c2ccc(OC(=O)C(C)C)c(F)c2)cc1. The summed E-state index contributed by atoms with van der Waals surface area (Å²) < 4.78 is 24.3. The Kier molecular flexibility index (Phi) is 5.70. The van der Waals surface area contributed by atoms with Crippen LogP contribution in [0.3, 0.4) is 0 Å². The number of ether oxygens (including phenoxy) is 2. The van der Waals surface area contributed by atoms with Crippen LogP contribution in [0.15, 0.2) is 54.6 Å². The van der Waals surface area contributed by atoms with Crippen molar-refractivity contribution >= 4 is 11.9 Å². The summed E-state index contributed by atoms with van der Waals surface area (Å²) in [5.74, 6) is -1.68. The normalized spacial score (nSPS) is 10.4. The lowest BCUT2D eigenvalue weighted by Crippen LogP contribution is -2.15. The zero-order valence-corrected chi connectivity index (χ0v) is 14.3. The number of benzene rings is 2. The van der Waals surface area contributed by atoms with Crippen molar-refractivity contribution < 1.29 is 23.5 Å². The van der Waals surface area contributed by atoms with Gasteiger partial charge in [0.1, 0.15) is 5.75 Å². The third kappa shape index (κ3) is 4.76. The average molecular weight is 342 g/mol. The summed E-state index contributed by atoms with van der Waals surface area (Å²) in [5, 5.41) is 0. The third-order valence-corrected chi connectivity index (χ3v) is 3.36. The third-order valence-electron chi connectivity index (χ3n) is 3.36. The summed E-state index contributed by atoms with van der Waals surface area (Å²) in [7, 11) is 0. The molecule has 0 fully saturated rings. The van der Waals surface area contributed by atoms with E-state index >= 15 is 0 Å². The monoisotopic (exact) mass is 342 g/mol. The predicted octanol–water partition coefficient (Wildman–Crippen LogP) is 4.54. The lowest BCUT2D eigenvalue weighted by Gasteiger charge is -2.09. The van der Waals surface area contributed by atoms with Crippen LogP contribution >= 0.6 is 0 Å². The smallest absolute Gasteiger partial charge is 0.338 e. The molecule has 0 aliphatic rings. The molecule has 0 aliphatic heterocycles. The molecule has 0 atom stereocenters. The largest absolute Gasteiger partial charge is 0.423 e. The molecule has 5 heteroatoms. The van der Waals surface area contributed by atoms with Gasteiger partial charge < -0.3 is 9.47 Å². The highest BCUT2D eigenvalue weighted by atomic mass is 19.1. The van der Waals surface area contributed by atoms with Crippen molar-refractivity contribution in [2.45, 2.75) is 20.8 Å². The summed E-state index contributed by atoms with van der Waals surface area (Å²) in [6, 6.07) is 11.0. The second-order valence-electron chi connectivity index (χ2n) is 5.92. The van der Waals surface area contributed by atoms with Crippen LogP contribution in [0.4, 0.5) is 4.39 Å².